The number of pyridine rings is 2. The van der Waals surface area contributed by atoms with Crippen LogP contribution in [0.3, 0.4) is 0 Å². The Morgan fingerprint density at radius 3 is 2.80 bits per heavy atom. The summed E-state index contributed by atoms with van der Waals surface area (Å²) in [6, 6.07) is 9.98. The Labute approximate surface area is 116 Å². The van der Waals surface area contributed by atoms with E-state index >= 15 is 0 Å². The standard InChI is InChI=1S/C16H12N4/c1-10-4-5-19-9-15(10)11-2-3-13-12(6-11)8-20-16(18)14(13)7-17/h2-6,8-9H,1H3,(H2,18,20). The molecule has 0 saturated carbocycles. The number of anilines is 1. The van der Waals surface area contributed by atoms with Crippen LogP contribution in [0.25, 0.3) is 21.9 Å². The van der Waals surface area contributed by atoms with Gasteiger partial charge in [-0.3, -0.25) is 4.98 Å². The van der Waals surface area contributed by atoms with Crippen LogP contribution in [0.4, 0.5) is 5.82 Å². The number of nitrogen functional groups attached to an aromatic ring is 1. The number of hydrogen-bond donors (Lipinski definition) is 1. The van der Waals surface area contributed by atoms with Crippen LogP contribution in [-0.2, 0) is 0 Å². The normalized spacial score (nSPS) is 10.4. The van der Waals surface area contributed by atoms with Crippen molar-refractivity contribution >= 4 is 16.6 Å². The molecule has 0 aliphatic heterocycles. The first kappa shape index (κ1) is 12.1. The van der Waals surface area contributed by atoms with E-state index in [-0.39, 0.29) is 5.82 Å². The molecule has 4 nitrogen and oxygen atoms in total. The van der Waals surface area contributed by atoms with Gasteiger partial charge in [-0.2, -0.15) is 5.26 Å². The van der Waals surface area contributed by atoms with E-state index in [9.17, 15) is 0 Å². The molecule has 1 aromatic carbocycles. The van der Waals surface area contributed by atoms with Crippen LogP contribution in [0.5, 0.6) is 0 Å². The molecule has 0 spiro atoms. The molecular weight excluding hydrogens is 248 g/mol. The lowest BCUT2D eigenvalue weighted by Gasteiger charge is -2.08. The molecule has 2 aromatic heterocycles. The monoisotopic (exact) mass is 260 g/mol. The minimum atomic E-state index is 0.269. The number of fused-ring (bicyclic) bond motifs is 1. The van der Waals surface area contributed by atoms with E-state index < -0.39 is 0 Å². The second-order valence-corrected chi connectivity index (χ2v) is 4.62. The fourth-order valence-corrected chi connectivity index (χ4v) is 2.29. The maximum atomic E-state index is 9.17. The Balaban J connectivity index is 2.26. The van der Waals surface area contributed by atoms with Gasteiger partial charge in [0.2, 0.25) is 0 Å². The molecule has 0 aliphatic carbocycles. The number of rotatable bonds is 1. The second-order valence-electron chi connectivity index (χ2n) is 4.62. The number of nitriles is 1. The predicted octanol–water partition coefficient (Wildman–Crippen LogP) is 3.06. The minimum Gasteiger partial charge on any atom is -0.383 e. The van der Waals surface area contributed by atoms with Crippen molar-refractivity contribution in [3.63, 3.8) is 0 Å². The van der Waals surface area contributed by atoms with E-state index in [1.807, 2.05) is 37.4 Å². The third-order valence-corrected chi connectivity index (χ3v) is 3.38. The van der Waals surface area contributed by atoms with Crippen LogP contribution in [0, 0.1) is 18.3 Å². The van der Waals surface area contributed by atoms with Gasteiger partial charge in [-0.15, -0.1) is 0 Å². The van der Waals surface area contributed by atoms with E-state index in [0.717, 1.165) is 27.5 Å². The molecule has 0 atom stereocenters. The first-order valence-corrected chi connectivity index (χ1v) is 6.20. The van der Waals surface area contributed by atoms with Gasteiger partial charge in [0.25, 0.3) is 0 Å². The van der Waals surface area contributed by atoms with Gasteiger partial charge in [-0.1, -0.05) is 12.1 Å². The van der Waals surface area contributed by atoms with Crippen molar-refractivity contribution in [2.45, 2.75) is 6.92 Å². The van der Waals surface area contributed by atoms with Crippen LogP contribution in [0.1, 0.15) is 11.1 Å². The highest BCUT2D eigenvalue weighted by molar-refractivity contribution is 5.93. The van der Waals surface area contributed by atoms with Crippen molar-refractivity contribution in [2.75, 3.05) is 5.73 Å². The van der Waals surface area contributed by atoms with E-state index in [1.165, 1.54) is 0 Å². The molecule has 2 N–H and O–H groups in total. The smallest absolute Gasteiger partial charge is 0.141 e. The summed E-state index contributed by atoms with van der Waals surface area (Å²) < 4.78 is 0. The zero-order valence-corrected chi connectivity index (χ0v) is 11.0. The van der Waals surface area contributed by atoms with Gasteiger partial charge in [0.05, 0.1) is 0 Å². The summed E-state index contributed by atoms with van der Waals surface area (Å²) >= 11 is 0. The largest absolute Gasteiger partial charge is 0.383 e. The Morgan fingerprint density at radius 1 is 1.20 bits per heavy atom. The van der Waals surface area contributed by atoms with E-state index in [2.05, 4.69) is 16.0 Å². The SMILES string of the molecule is Cc1ccncc1-c1ccc2c(C#N)c(N)ncc2c1. The van der Waals surface area contributed by atoms with Crippen LogP contribution in [0.2, 0.25) is 0 Å². The Morgan fingerprint density at radius 2 is 2.05 bits per heavy atom. The van der Waals surface area contributed by atoms with Gasteiger partial charge in [-0.05, 0) is 30.2 Å². The molecule has 0 aliphatic rings. The summed E-state index contributed by atoms with van der Waals surface area (Å²) in [7, 11) is 0. The summed E-state index contributed by atoms with van der Waals surface area (Å²) in [5, 5.41) is 10.9. The molecule has 0 unspecified atom stereocenters. The van der Waals surface area contributed by atoms with E-state index in [1.54, 1.807) is 12.4 Å². The zero-order valence-electron chi connectivity index (χ0n) is 11.0. The van der Waals surface area contributed by atoms with Gasteiger partial charge >= 0.3 is 0 Å². The number of benzene rings is 1. The second kappa shape index (κ2) is 4.63. The summed E-state index contributed by atoms with van der Waals surface area (Å²) in [6.45, 7) is 2.04. The van der Waals surface area contributed by atoms with Gasteiger partial charge in [-0.25, -0.2) is 4.98 Å². The summed E-state index contributed by atoms with van der Waals surface area (Å²) in [5.74, 6) is 0.269. The highest BCUT2D eigenvalue weighted by Gasteiger charge is 2.08. The number of hydrogen-bond acceptors (Lipinski definition) is 4. The molecule has 3 aromatic rings. The maximum absolute atomic E-state index is 9.17. The lowest BCUT2D eigenvalue weighted by Crippen LogP contribution is -1.95. The lowest BCUT2D eigenvalue weighted by molar-refractivity contribution is 1.29. The van der Waals surface area contributed by atoms with E-state index in [0.29, 0.717) is 5.56 Å². The number of aryl methyl sites for hydroxylation is 1. The molecule has 96 valence electrons. The highest BCUT2D eigenvalue weighted by Crippen LogP contribution is 2.28. The first-order chi connectivity index (χ1) is 9.70. The highest BCUT2D eigenvalue weighted by atomic mass is 14.8. The van der Waals surface area contributed by atoms with Crippen molar-refractivity contribution in [1.29, 1.82) is 5.26 Å². The van der Waals surface area contributed by atoms with Crippen molar-refractivity contribution in [1.82, 2.24) is 9.97 Å². The first-order valence-electron chi connectivity index (χ1n) is 6.20. The molecule has 0 radical (unpaired) electrons. The maximum Gasteiger partial charge on any atom is 0.141 e. The quantitative estimate of drug-likeness (QED) is 0.729. The molecule has 20 heavy (non-hydrogen) atoms. The fraction of sp³-hybridized carbons (Fsp3) is 0.0625. The Bertz CT molecular complexity index is 847. The van der Waals surface area contributed by atoms with Crippen LogP contribution in [0.15, 0.2) is 42.9 Å². The molecule has 0 amide bonds. The Hall–Kier alpha value is -2.93. The molecule has 3 rings (SSSR count). The van der Waals surface area contributed by atoms with Gasteiger partial charge in [0.15, 0.2) is 0 Å². The topological polar surface area (TPSA) is 75.6 Å². The third-order valence-electron chi connectivity index (χ3n) is 3.38. The summed E-state index contributed by atoms with van der Waals surface area (Å²) in [6.07, 6.45) is 5.31. The van der Waals surface area contributed by atoms with Crippen molar-refractivity contribution in [3.8, 4) is 17.2 Å². The average molecular weight is 260 g/mol. The zero-order chi connectivity index (χ0) is 14.1. The van der Waals surface area contributed by atoms with Gasteiger partial charge < -0.3 is 5.73 Å². The van der Waals surface area contributed by atoms with Crippen LogP contribution in [-0.4, -0.2) is 9.97 Å². The lowest BCUT2D eigenvalue weighted by atomic mass is 9.99. The molecule has 0 fully saturated rings. The van der Waals surface area contributed by atoms with Crippen molar-refractivity contribution < 1.29 is 0 Å². The Kier molecular flexibility index (Phi) is 2.81. The summed E-state index contributed by atoms with van der Waals surface area (Å²) in [5.41, 5.74) is 9.44. The van der Waals surface area contributed by atoms with Crippen molar-refractivity contribution in [3.05, 3.63) is 54.0 Å². The molecular formula is C16H12N4. The molecule has 0 saturated heterocycles. The number of nitrogens with two attached hydrogens (primary N) is 1. The number of nitrogens with zero attached hydrogens (tertiary/aromatic N) is 3. The predicted molar refractivity (Wildman–Crippen MR) is 78.8 cm³/mol. The van der Waals surface area contributed by atoms with Crippen molar-refractivity contribution in [2.24, 2.45) is 0 Å². The number of aromatic nitrogens is 2. The van der Waals surface area contributed by atoms with Gasteiger partial charge in [0, 0.05) is 34.9 Å². The third kappa shape index (κ3) is 1.86. The molecule has 2 heterocycles. The van der Waals surface area contributed by atoms with Gasteiger partial charge in [0.1, 0.15) is 17.5 Å². The van der Waals surface area contributed by atoms with E-state index in [4.69, 9.17) is 11.0 Å². The summed E-state index contributed by atoms with van der Waals surface area (Å²) in [4.78, 5) is 8.24. The fourth-order valence-electron chi connectivity index (χ4n) is 2.29. The van der Waals surface area contributed by atoms with Crippen LogP contribution >= 0.6 is 0 Å². The minimum absolute atomic E-state index is 0.269. The van der Waals surface area contributed by atoms with Crippen LogP contribution < -0.4 is 5.73 Å². The molecule has 4 heteroatoms. The molecule has 0 bridgehead atoms. The average Bonchev–Trinajstić information content (AvgIpc) is 2.47.